The lowest BCUT2D eigenvalue weighted by molar-refractivity contribution is 0.403. The molecule has 0 bridgehead atoms. The van der Waals surface area contributed by atoms with Crippen LogP contribution in [0.2, 0.25) is 0 Å². The molecule has 1 saturated carbocycles. The normalized spacial score (nSPS) is 16.0. The van der Waals surface area contributed by atoms with E-state index in [9.17, 15) is 0 Å². The molecule has 1 aromatic heterocycles. The first-order valence-electron chi connectivity index (χ1n) is 8.87. The van der Waals surface area contributed by atoms with Crippen molar-refractivity contribution in [2.45, 2.75) is 32.1 Å². The van der Waals surface area contributed by atoms with Gasteiger partial charge in [0.2, 0.25) is 0 Å². The molecule has 1 aliphatic carbocycles. The lowest BCUT2D eigenvalue weighted by atomic mass is 9.79. The molecule has 130 valence electrons. The van der Waals surface area contributed by atoms with Crippen LogP contribution in [-0.2, 0) is 0 Å². The standard InChI is InChI=1S/C22H26N2O/c1-4-16-9-11-20(24-21(16)12-15(2)14-23)19-10-8-18(13-22(19)25-3)17-6-5-7-17/h4,8-13,17H,2,5-7,14,23H2,1,3H3/b16-4-,21-12+. The molecule has 0 atom stereocenters. The first kappa shape index (κ1) is 17.4. The number of benzene rings is 1. The average molecular weight is 334 g/mol. The molecule has 1 aliphatic rings. The van der Waals surface area contributed by atoms with Gasteiger partial charge in [0.15, 0.2) is 0 Å². The van der Waals surface area contributed by atoms with Gasteiger partial charge in [0.1, 0.15) is 5.75 Å². The Morgan fingerprint density at radius 1 is 1.32 bits per heavy atom. The van der Waals surface area contributed by atoms with Crippen molar-refractivity contribution in [3.05, 3.63) is 58.6 Å². The van der Waals surface area contributed by atoms with E-state index in [-0.39, 0.29) is 0 Å². The van der Waals surface area contributed by atoms with Gasteiger partial charge >= 0.3 is 0 Å². The Kier molecular flexibility index (Phi) is 5.34. The summed E-state index contributed by atoms with van der Waals surface area (Å²) in [5.41, 5.74) is 9.83. The molecule has 0 saturated heterocycles. The Labute approximate surface area is 149 Å². The monoisotopic (exact) mass is 334 g/mol. The Morgan fingerprint density at radius 3 is 2.72 bits per heavy atom. The highest BCUT2D eigenvalue weighted by Gasteiger charge is 2.21. The number of hydrogen-bond acceptors (Lipinski definition) is 3. The fourth-order valence-corrected chi connectivity index (χ4v) is 3.16. The smallest absolute Gasteiger partial charge is 0.128 e. The van der Waals surface area contributed by atoms with Crippen molar-refractivity contribution >= 4 is 12.2 Å². The van der Waals surface area contributed by atoms with Crippen molar-refractivity contribution in [1.29, 1.82) is 0 Å². The van der Waals surface area contributed by atoms with Crippen molar-refractivity contribution in [3.8, 4) is 17.0 Å². The molecule has 0 spiro atoms. The molecule has 2 N–H and O–H groups in total. The molecule has 1 heterocycles. The fraction of sp³-hybridized carbons (Fsp3) is 0.318. The maximum absolute atomic E-state index is 5.68. The number of methoxy groups -OCH3 is 1. The van der Waals surface area contributed by atoms with E-state index >= 15 is 0 Å². The molecule has 0 amide bonds. The third-order valence-electron chi connectivity index (χ3n) is 4.95. The minimum absolute atomic E-state index is 0.425. The van der Waals surface area contributed by atoms with Gasteiger partial charge in [-0.15, -0.1) is 0 Å². The van der Waals surface area contributed by atoms with Crippen molar-refractivity contribution in [3.63, 3.8) is 0 Å². The second kappa shape index (κ2) is 7.66. The summed E-state index contributed by atoms with van der Waals surface area (Å²) in [5.74, 6) is 1.57. The zero-order chi connectivity index (χ0) is 17.8. The molecule has 1 aromatic carbocycles. The zero-order valence-corrected chi connectivity index (χ0v) is 15.1. The van der Waals surface area contributed by atoms with Gasteiger partial charge in [0.05, 0.1) is 18.2 Å². The predicted molar refractivity (Wildman–Crippen MR) is 105 cm³/mol. The van der Waals surface area contributed by atoms with Crippen molar-refractivity contribution < 1.29 is 4.74 Å². The van der Waals surface area contributed by atoms with Crippen LogP contribution in [0, 0.1) is 0 Å². The highest BCUT2D eigenvalue weighted by Crippen LogP contribution is 2.39. The van der Waals surface area contributed by atoms with Crippen LogP contribution in [0.4, 0.5) is 0 Å². The SMILES string of the molecule is C=C(/C=c1/nc(-c2ccc(C3CCC3)cc2OC)cc/c1=C/C)CN. The number of aromatic nitrogens is 1. The molecule has 3 nitrogen and oxygen atoms in total. The number of hydrogen-bond donors (Lipinski definition) is 1. The van der Waals surface area contributed by atoms with E-state index < -0.39 is 0 Å². The number of nitrogens with two attached hydrogens (primary N) is 1. The highest BCUT2D eigenvalue weighted by atomic mass is 16.5. The van der Waals surface area contributed by atoms with Crippen LogP contribution in [0.3, 0.4) is 0 Å². The summed E-state index contributed by atoms with van der Waals surface area (Å²) in [4.78, 5) is 4.84. The minimum Gasteiger partial charge on any atom is -0.496 e. The fourth-order valence-electron chi connectivity index (χ4n) is 3.16. The third kappa shape index (κ3) is 3.67. The summed E-state index contributed by atoms with van der Waals surface area (Å²) >= 11 is 0. The van der Waals surface area contributed by atoms with E-state index in [1.54, 1.807) is 7.11 Å². The zero-order valence-electron chi connectivity index (χ0n) is 15.1. The summed E-state index contributed by atoms with van der Waals surface area (Å²) in [6, 6.07) is 10.6. The number of pyridine rings is 1. The third-order valence-corrected chi connectivity index (χ3v) is 4.95. The van der Waals surface area contributed by atoms with E-state index in [0.717, 1.165) is 33.1 Å². The summed E-state index contributed by atoms with van der Waals surface area (Å²) in [7, 11) is 1.72. The topological polar surface area (TPSA) is 48.1 Å². The number of rotatable bonds is 5. The van der Waals surface area contributed by atoms with Crippen LogP contribution in [-0.4, -0.2) is 18.6 Å². The molecule has 0 unspecified atom stereocenters. The van der Waals surface area contributed by atoms with E-state index in [1.807, 2.05) is 25.1 Å². The maximum Gasteiger partial charge on any atom is 0.128 e. The van der Waals surface area contributed by atoms with Gasteiger partial charge in [-0.1, -0.05) is 31.2 Å². The quantitative estimate of drug-likeness (QED) is 0.914. The Hall–Kier alpha value is -2.39. The van der Waals surface area contributed by atoms with Gasteiger partial charge in [-0.05, 0) is 66.3 Å². The predicted octanol–water partition coefficient (Wildman–Crippen LogP) is 3.12. The number of ether oxygens (including phenoxy) is 1. The molecule has 3 rings (SSSR count). The second-order valence-corrected chi connectivity index (χ2v) is 6.55. The Balaban J connectivity index is 2.08. The van der Waals surface area contributed by atoms with Crippen molar-refractivity contribution in [1.82, 2.24) is 4.98 Å². The molecule has 2 aromatic rings. The van der Waals surface area contributed by atoms with E-state index in [4.69, 9.17) is 15.5 Å². The first-order chi connectivity index (χ1) is 12.2. The minimum atomic E-state index is 0.425. The van der Waals surface area contributed by atoms with Crippen LogP contribution in [0.15, 0.2) is 42.5 Å². The molecule has 25 heavy (non-hydrogen) atoms. The van der Waals surface area contributed by atoms with Crippen LogP contribution in [0.25, 0.3) is 23.4 Å². The molecule has 3 heteroatoms. The summed E-state index contributed by atoms with van der Waals surface area (Å²) in [6.07, 6.45) is 7.89. The molecular weight excluding hydrogens is 308 g/mol. The molecular formula is C22H26N2O. The van der Waals surface area contributed by atoms with Gasteiger partial charge in [-0.3, -0.25) is 0 Å². The average Bonchev–Trinajstić information content (AvgIpc) is 2.60. The van der Waals surface area contributed by atoms with Crippen LogP contribution >= 0.6 is 0 Å². The Morgan fingerprint density at radius 2 is 2.12 bits per heavy atom. The lowest BCUT2D eigenvalue weighted by Gasteiger charge is -2.26. The molecule has 0 radical (unpaired) electrons. The largest absolute Gasteiger partial charge is 0.496 e. The summed E-state index contributed by atoms with van der Waals surface area (Å²) in [6.45, 7) is 6.40. The summed E-state index contributed by atoms with van der Waals surface area (Å²) in [5, 5.41) is 1.96. The number of nitrogens with zero attached hydrogens (tertiary/aromatic N) is 1. The van der Waals surface area contributed by atoms with Gasteiger partial charge in [0, 0.05) is 12.1 Å². The van der Waals surface area contributed by atoms with Crippen LogP contribution < -0.4 is 21.0 Å². The van der Waals surface area contributed by atoms with Gasteiger partial charge in [0.25, 0.3) is 0 Å². The molecule has 1 fully saturated rings. The Bertz CT molecular complexity index is 895. The van der Waals surface area contributed by atoms with Crippen LogP contribution in [0.1, 0.15) is 37.7 Å². The van der Waals surface area contributed by atoms with Crippen molar-refractivity contribution in [2.24, 2.45) is 5.73 Å². The lowest BCUT2D eigenvalue weighted by Crippen LogP contribution is -2.28. The van der Waals surface area contributed by atoms with Gasteiger partial charge < -0.3 is 10.5 Å². The van der Waals surface area contributed by atoms with E-state index in [1.165, 1.54) is 24.8 Å². The van der Waals surface area contributed by atoms with Gasteiger partial charge in [-0.25, -0.2) is 4.98 Å². The van der Waals surface area contributed by atoms with E-state index in [2.05, 4.69) is 30.8 Å². The second-order valence-electron chi connectivity index (χ2n) is 6.55. The maximum atomic E-state index is 5.68. The van der Waals surface area contributed by atoms with Crippen molar-refractivity contribution in [2.75, 3.05) is 13.7 Å². The summed E-state index contributed by atoms with van der Waals surface area (Å²) < 4.78 is 5.66. The van der Waals surface area contributed by atoms with E-state index in [0.29, 0.717) is 12.5 Å². The molecule has 0 aliphatic heterocycles. The first-order valence-corrected chi connectivity index (χ1v) is 8.87. The highest BCUT2D eigenvalue weighted by molar-refractivity contribution is 5.68. The van der Waals surface area contributed by atoms with Crippen LogP contribution in [0.5, 0.6) is 5.75 Å². The van der Waals surface area contributed by atoms with Gasteiger partial charge in [-0.2, -0.15) is 0 Å².